The lowest BCUT2D eigenvalue weighted by atomic mass is 9.91. The summed E-state index contributed by atoms with van der Waals surface area (Å²) < 4.78 is 13.4. The third kappa shape index (κ3) is 3.58. The highest BCUT2D eigenvalue weighted by atomic mass is 32.2. The van der Waals surface area contributed by atoms with Crippen LogP contribution in [0.25, 0.3) is 0 Å². The summed E-state index contributed by atoms with van der Waals surface area (Å²) in [7, 11) is 0. The second kappa shape index (κ2) is 6.37. The second-order valence-electron chi connectivity index (χ2n) is 5.11. The number of rotatable bonds is 4. The number of carbonyl (C=O) groups excluding carboxylic acids is 1. The van der Waals surface area contributed by atoms with Crippen molar-refractivity contribution >= 4 is 17.5 Å². The largest absolute Gasteiger partial charge is 0.293 e. The van der Waals surface area contributed by atoms with Crippen LogP contribution in [0.5, 0.6) is 0 Å². The molecule has 2 rings (SSSR count). The van der Waals surface area contributed by atoms with Gasteiger partial charge in [-0.2, -0.15) is 11.8 Å². The van der Waals surface area contributed by atoms with Gasteiger partial charge in [0, 0.05) is 5.25 Å². The van der Waals surface area contributed by atoms with Crippen molar-refractivity contribution in [3.8, 4) is 0 Å². The third-order valence-electron chi connectivity index (χ3n) is 3.51. The lowest BCUT2D eigenvalue weighted by molar-refractivity contribution is 0.101. The van der Waals surface area contributed by atoms with E-state index >= 15 is 0 Å². The number of hydrogen-bond acceptors (Lipinski definition) is 2. The summed E-state index contributed by atoms with van der Waals surface area (Å²) in [6, 6.07) is 6.24. The number of halogens is 1. The molecular weight excluding hydrogens is 247 g/mol. The van der Waals surface area contributed by atoms with Crippen LogP contribution in [0, 0.1) is 11.7 Å². The monoisotopic (exact) mass is 266 g/mol. The molecule has 0 aliphatic heterocycles. The zero-order chi connectivity index (χ0) is 13.0. The van der Waals surface area contributed by atoms with E-state index in [2.05, 4.69) is 6.92 Å². The van der Waals surface area contributed by atoms with Gasteiger partial charge in [0.25, 0.3) is 0 Å². The molecule has 0 aromatic heterocycles. The molecule has 0 saturated heterocycles. The molecule has 1 saturated carbocycles. The van der Waals surface area contributed by atoms with Crippen molar-refractivity contribution in [1.29, 1.82) is 0 Å². The summed E-state index contributed by atoms with van der Waals surface area (Å²) in [4.78, 5) is 11.9. The molecule has 0 amide bonds. The Morgan fingerprint density at radius 2 is 2.17 bits per heavy atom. The van der Waals surface area contributed by atoms with E-state index in [4.69, 9.17) is 0 Å². The van der Waals surface area contributed by atoms with Crippen LogP contribution in [-0.2, 0) is 0 Å². The number of Topliss-reactive ketones (excluding diaryl/α,β-unsaturated/α-hetero) is 1. The minimum atomic E-state index is -0.403. The van der Waals surface area contributed by atoms with Crippen LogP contribution in [0.2, 0.25) is 0 Å². The molecule has 0 bridgehead atoms. The van der Waals surface area contributed by atoms with Crippen LogP contribution in [0.1, 0.15) is 43.0 Å². The number of carbonyl (C=O) groups is 1. The molecule has 0 spiro atoms. The summed E-state index contributed by atoms with van der Waals surface area (Å²) in [5.41, 5.74) is 0.230. The van der Waals surface area contributed by atoms with Gasteiger partial charge in [0.1, 0.15) is 5.82 Å². The van der Waals surface area contributed by atoms with Crippen molar-refractivity contribution < 1.29 is 9.18 Å². The molecule has 1 aliphatic rings. The SMILES string of the molecule is CC1CCCC(SCC(=O)c2ccccc2F)C1. The molecule has 1 aliphatic carbocycles. The first-order valence-electron chi connectivity index (χ1n) is 6.56. The van der Waals surface area contributed by atoms with E-state index in [0.717, 1.165) is 5.92 Å². The highest BCUT2D eigenvalue weighted by Gasteiger charge is 2.20. The molecule has 0 N–H and O–H groups in total. The van der Waals surface area contributed by atoms with Crippen molar-refractivity contribution in [1.82, 2.24) is 0 Å². The Labute approximate surface area is 112 Å². The fourth-order valence-corrected chi connectivity index (χ4v) is 3.83. The maximum absolute atomic E-state index is 13.4. The van der Waals surface area contributed by atoms with E-state index < -0.39 is 5.82 Å². The molecule has 1 nitrogen and oxygen atoms in total. The summed E-state index contributed by atoms with van der Waals surface area (Å²) in [6.07, 6.45) is 4.94. The molecule has 1 aromatic carbocycles. The van der Waals surface area contributed by atoms with Crippen molar-refractivity contribution in [2.75, 3.05) is 5.75 Å². The maximum atomic E-state index is 13.4. The lowest BCUT2D eigenvalue weighted by Crippen LogP contribution is -2.17. The van der Waals surface area contributed by atoms with Crippen molar-refractivity contribution in [3.63, 3.8) is 0 Å². The predicted molar refractivity (Wildman–Crippen MR) is 74.6 cm³/mol. The van der Waals surface area contributed by atoms with Gasteiger partial charge < -0.3 is 0 Å². The highest BCUT2D eigenvalue weighted by molar-refractivity contribution is 8.00. The minimum Gasteiger partial charge on any atom is -0.293 e. The molecular formula is C15H19FOS. The van der Waals surface area contributed by atoms with Crippen LogP contribution < -0.4 is 0 Å². The predicted octanol–water partition coefficient (Wildman–Crippen LogP) is 4.32. The van der Waals surface area contributed by atoms with Crippen molar-refractivity contribution in [2.45, 2.75) is 37.9 Å². The summed E-state index contributed by atoms with van der Waals surface area (Å²) in [5, 5.41) is 0.574. The molecule has 2 atom stereocenters. The quantitative estimate of drug-likeness (QED) is 0.755. The average molecular weight is 266 g/mol. The van der Waals surface area contributed by atoms with E-state index in [1.54, 1.807) is 30.0 Å². The van der Waals surface area contributed by atoms with Gasteiger partial charge in [0.15, 0.2) is 5.78 Å². The summed E-state index contributed by atoms with van der Waals surface area (Å²) >= 11 is 1.70. The zero-order valence-corrected chi connectivity index (χ0v) is 11.5. The molecule has 0 heterocycles. The summed E-state index contributed by atoms with van der Waals surface area (Å²) in [6.45, 7) is 2.27. The van der Waals surface area contributed by atoms with E-state index in [1.165, 1.54) is 31.7 Å². The number of hydrogen-bond donors (Lipinski definition) is 0. The Morgan fingerprint density at radius 3 is 2.89 bits per heavy atom. The molecule has 1 fully saturated rings. The average Bonchev–Trinajstić information content (AvgIpc) is 2.37. The fraction of sp³-hybridized carbons (Fsp3) is 0.533. The standard InChI is InChI=1S/C15H19FOS/c1-11-5-4-6-12(9-11)18-10-15(17)13-7-2-3-8-14(13)16/h2-3,7-8,11-12H,4-6,9-10H2,1H3. The van der Waals surface area contributed by atoms with Gasteiger partial charge in [-0.25, -0.2) is 4.39 Å². The van der Waals surface area contributed by atoms with Gasteiger partial charge >= 0.3 is 0 Å². The van der Waals surface area contributed by atoms with Gasteiger partial charge in [-0.3, -0.25) is 4.79 Å². The smallest absolute Gasteiger partial charge is 0.175 e. The molecule has 98 valence electrons. The highest BCUT2D eigenvalue weighted by Crippen LogP contribution is 2.32. The number of benzene rings is 1. The fourth-order valence-electron chi connectivity index (χ4n) is 2.49. The van der Waals surface area contributed by atoms with Crippen molar-refractivity contribution in [3.05, 3.63) is 35.6 Å². The Balaban J connectivity index is 1.87. The number of thioether (sulfide) groups is 1. The zero-order valence-electron chi connectivity index (χ0n) is 10.7. The van der Waals surface area contributed by atoms with Crippen LogP contribution in [0.4, 0.5) is 4.39 Å². The first kappa shape index (κ1) is 13.6. The van der Waals surface area contributed by atoms with Gasteiger partial charge in [-0.15, -0.1) is 0 Å². The Hall–Kier alpha value is -0.830. The van der Waals surface area contributed by atoms with Gasteiger partial charge in [-0.05, 0) is 30.9 Å². The minimum absolute atomic E-state index is 0.0867. The molecule has 0 radical (unpaired) electrons. The second-order valence-corrected chi connectivity index (χ2v) is 6.40. The van der Waals surface area contributed by atoms with E-state index in [1.807, 2.05) is 0 Å². The van der Waals surface area contributed by atoms with E-state index in [-0.39, 0.29) is 11.3 Å². The first-order chi connectivity index (χ1) is 8.66. The lowest BCUT2D eigenvalue weighted by Gasteiger charge is -2.25. The number of ketones is 1. The third-order valence-corrected chi connectivity index (χ3v) is 4.84. The Bertz CT molecular complexity index is 419. The molecule has 2 unspecified atom stereocenters. The van der Waals surface area contributed by atoms with Crippen LogP contribution in [0.15, 0.2) is 24.3 Å². The van der Waals surface area contributed by atoms with Gasteiger partial charge in [-0.1, -0.05) is 31.9 Å². The molecule has 18 heavy (non-hydrogen) atoms. The van der Waals surface area contributed by atoms with E-state index in [0.29, 0.717) is 11.0 Å². The van der Waals surface area contributed by atoms with Gasteiger partial charge in [0.05, 0.1) is 11.3 Å². The first-order valence-corrected chi connectivity index (χ1v) is 7.61. The van der Waals surface area contributed by atoms with Crippen molar-refractivity contribution in [2.24, 2.45) is 5.92 Å². The topological polar surface area (TPSA) is 17.1 Å². The summed E-state index contributed by atoms with van der Waals surface area (Å²) in [5.74, 6) is 0.675. The van der Waals surface area contributed by atoms with Crippen LogP contribution >= 0.6 is 11.8 Å². The molecule has 1 aromatic rings. The van der Waals surface area contributed by atoms with Gasteiger partial charge in [0.2, 0.25) is 0 Å². The Morgan fingerprint density at radius 1 is 1.39 bits per heavy atom. The van der Waals surface area contributed by atoms with Crippen LogP contribution in [-0.4, -0.2) is 16.8 Å². The van der Waals surface area contributed by atoms with E-state index in [9.17, 15) is 9.18 Å². The Kier molecular flexibility index (Phi) is 4.81. The van der Waals surface area contributed by atoms with Crippen LogP contribution in [0.3, 0.4) is 0 Å². The normalized spacial score (nSPS) is 23.9. The molecule has 3 heteroatoms. The maximum Gasteiger partial charge on any atom is 0.175 e.